The maximum absolute atomic E-state index is 15.3. The fourth-order valence-electron chi connectivity index (χ4n) is 3.81. The zero-order chi connectivity index (χ0) is 21.6. The Kier molecular flexibility index (Phi) is 4.89. The number of methoxy groups -OCH3 is 1. The number of alkyl halides is 1. The van der Waals surface area contributed by atoms with Crippen molar-refractivity contribution in [3.8, 4) is 11.4 Å². The van der Waals surface area contributed by atoms with Crippen LogP contribution in [0.4, 0.5) is 8.78 Å². The number of aromatic nitrogens is 4. The highest BCUT2D eigenvalue weighted by atomic mass is 19.1. The number of nitrogens with zero attached hydrogens (tertiary/aromatic N) is 3. The van der Waals surface area contributed by atoms with Crippen molar-refractivity contribution in [1.29, 1.82) is 0 Å². The molecule has 7 nitrogen and oxygen atoms in total. The van der Waals surface area contributed by atoms with Crippen molar-refractivity contribution in [3.05, 3.63) is 47.5 Å². The molecule has 4 rings (SSSR count). The summed E-state index contributed by atoms with van der Waals surface area (Å²) in [5, 5.41) is 16.6. The van der Waals surface area contributed by atoms with Crippen LogP contribution in [0.1, 0.15) is 43.6 Å². The summed E-state index contributed by atoms with van der Waals surface area (Å²) < 4.78 is 36.2. The largest absolute Gasteiger partial charge is 0.494 e. The predicted molar refractivity (Wildman–Crippen MR) is 107 cm³/mol. The van der Waals surface area contributed by atoms with Crippen LogP contribution in [-0.4, -0.2) is 37.9 Å². The normalized spacial score (nSPS) is 12.7. The molecule has 2 N–H and O–H groups in total. The number of halogens is 2. The molecule has 0 aliphatic heterocycles. The average molecular weight is 414 g/mol. The van der Waals surface area contributed by atoms with Crippen LogP contribution in [0.3, 0.4) is 0 Å². The molecule has 3 heterocycles. The summed E-state index contributed by atoms with van der Waals surface area (Å²) in [6.45, 7) is 3.77. The molecule has 0 spiro atoms. The lowest BCUT2D eigenvalue weighted by Crippen LogP contribution is -2.08. The monoisotopic (exact) mass is 414 g/mol. The van der Waals surface area contributed by atoms with Gasteiger partial charge in [-0.05, 0) is 24.1 Å². The Morgan fingerprint density at radius 3 is 2.77 bits per heavy atom. The number of carboxylic acid groups (broad SMARTS) is 1. The van der Waals surface area contributed by atoms with Crippen LogP contribution in [0.25, 0.3) is 27.8 Å². The zero-order valence-corrected chi connectivity index (χ0v) is 16.6. The van der Waals surface area contributed by atoms with Gasteiger partial charge in [0.2, 0.25) is 0 Å². The number of carboxylic acids is 1. The number of fused-ring (bicyclic) bond motifs is 2. The quantitative estimate of drug-likeness (QED) is 0.479. The van der Waals surface area contributed by atoms with Crippen LogP contribution >= 0.6 is 0 Å². The summed E-state index contributed by atoms with van der Waals surface area (Å²) in [7, 11) is 1.37. The fraction of sp³-hybridized carbons (Fsp3) is 0.286. The Bertz CT molecular complexity index is 1260. The number of hydrogen-bond acceptors (Lipinski definition) is 4. The van der Waals surface area contributed by atoms with Gasteiger partial charge in [-0.2, -0.15) is 5.10 Å². The minimum absolute atomic E-state index is 0.0466. The summed E-state index contributed by atoms with van der Waals surface area (Å²) >= 11 is 0. The molecule has 1 aromatic carbocycles. The number of carbonyl (C=O) groups is 1. The minimum atomic E-state index is -1.76. The molecule has 4 aromatic rings. The molecule has 0 amide bonds. The minimum Gasteiger partial charge on any atom is -0.494 e. The lowest BCUT2D eigenvalue weighted by Gasteiger charge is -2.17. The molecule has 0 saturated heterocycles. The lowest BCUT2D eigenvalue weighted by molar-refractivity contribution is -0.138. The Balaban J connectivity index is 2.12. The zero-order valence-electron chi connectivity index (χ0n) is 16.6. The number of ether oxygens (including phenoxy) is 1. The van der Waals surface area contributed by atoms with E-state index in [1.807, 2.05) is 13.8 Å². The molecule has 3 aromatic heterocycles. The Labute approximate surface area is 170 Å². The van der Waals surface area contributed by atoms with Crippen molar-refractivity contribution in [2.24, 2.45) is 0 Å². The number of rotatable bonds is 6. The second kappa shape index (κ2) is 7.40. The molecule has 0 unspecified atom stereocenters. The van der Waals surface area contributed by atoms with Gasteiger partial charge >= 0.3 is 5.97 Å². The molecule has 0 aliphatic rings. The van der Waals surface area contributed by atoms with Gasteiger partial charge in [0, 0.05) is 28.4 Å². The van der Waals surface area contributed by atoms with Gasteiger partial charge in [0.25, 0.3) is 0 Å². The van der Waals surface area contributed by atoms with Crippen LogP contribution in [-0.2, 0) is 4.79 Å². The first-order valence-corrected chi connectivity index (χ1v) is 9.40. The van der Waals surface area contributed by atoms with Crippen molar-refractivity contribution < 1.29 is 23.4 Å². The van der Waals surface area contributed by atoms with Crippen LogP contribution < -0.4 is 4.74 Å². The van der Waals surface area contributed by atoms with E-state index in [0.29, 0.717) is 33.4 Å². The summed E-state index contributed by atoms with van der Waals surface area (Å²) in [6.07, 6.45) is -0.851. The summed E-state index contributed by atoms with van der Waals surface area (Å²) in [6, 6.07) is 6.17. The Morgan fingerprint density at radius 1 is 1.33 bits per heavy atom. The maximum Gasteiger partial charge on any atom is 0.306 e. The second-order valence-corrected chi connectivity index (χ2v) is 7.34. The number of nitrogens with one attached hydrogen (secondary N) is 1. The van der Waals surface area contributed by atoms with E-state index in [4.69, 9.17) is 9.84 Å². The molecule has 30 heavy (non-hydrogen) atoms. The first-order valence-electron chi connectivity index (χ1n) is 9.40. The first-order chi connectivity index (χ1) is 14.3. The summed E-state index contributed by atoms with van der Waals surface area (Å²) in [5.41, 5.74) is 2.72. The summed E-state index contributed by atoms with van der Waals surface area (Å²) in [5.74, 6) is -1.89. The Hall–Kier alpha value is -3.49. The molecular formula is C21H20F2N4O3. The number of H-pyrrole nitrogens is 1. The van der Waals surface area contributed by atoms with E-state index in [2.05, 4.69) is 15.2 Å². The smallest absolute Gasteiger partial charge is 0.306 e. The molecule has 1 atom stereocenters. The van der Waals surface area contributed by atoms with Crippen molar-refractivity contribution in [3.63, 3.8) is 0 Å². The maximum atomic E-state index is 15.3. The predicted octanol–water partition coefficient (Wildman–Crippen LogP) is 4.66. The van der Waals surface area contributed by atoms with Gasteiger partial charge in [-0.25, -0.2) is 13.8 Å². The molecule has 0 saturated carbocycles. The third-order valence-corrected chi connectivity index (χ3v) is 5.03. The van der Waals surface area contributed by atoms with E-state index in [1.54, 1.807) is 22.9 Å². The van der Waals surface area contributed by atoms with Gasteiger partial charge < -0.3 is 14.4 Å². The van der Waals surface area contributed by atoms with Crippen molar-refractivity contribution in [2.75, 3.05) is 7.11 Å². The van der Waals surface area contributed by atoms with Crippen molar-refractivity contribution >= 4 is 28.0 Å². The van der Waals surface area contributed by atoms with E-state index in [0.717, 1.165) is 0 Å². The van der Waals surface area contributed by atoms with Crippen molar-refractivity contribution in [1.82, 2.24) is 19.7 Å². The average Bonchev–Trinajstić information content (AvgIpc) is 3.27. The van der Waals surface area contributed by atoms with E-state index in [-0.39, 0.29) is 17.2 Å². The van der Waals surface area contributed by atoms with Crippen LogP contribution in [0.5, 0.6) is 5.75 Å². The molecular weight excluding hydrogens is 394 g/mol. The van der Waals surface area contributed by atoms with E-state index >= 15 is 4.39 Å². The number of aromatic amines is 1. The van der Waals surface area contributed by atoms with E-state index in [9.17, 15) is 9.18 Å². The van der Waals surface area contributed by atoms with Gasteiger partial charge in [-0.1, -0.05) is 13.8 Å². The first kappa shape index (κ1) is 19.8. The topological polar surface area (TPSA) is 93.0 Å². The van der Waals surface area contributed by atoms with Gasteiger partial charge in [-0.15, -0.1) is 0 Å². The lowest BCUT2D eigenvalue weighted by atomic mass is 9.99. The van der Waals surface area contributed by atoms with Gasteiger partial charge in [0.1, 0.15) is 6.17 Å². The van der Waals surface area contributed by atoms with Crippen LogP contribution in [0, 0.1) is 5.82 Å². The third-order valence-electron chi connectivity index (χ3n) is 5.03. The van der Waals surface area contributed by atoms with Gasteiger partial charge in [-0.3, -0.25) is 9.89 Å². The molecule has 0 fully saturated rings. The Morgan fingerprint density at radius 2 is 2.10 bits per heavy atom. The van der Waals surface area contributed by atoms with Gasteiger partial charge in [0.15, 0.2) is 17.2 Å². The highest BCUT2D eigenvalue weighted by Crippen LogP contribution is 2.40. The molecule has 0 radical (unpaired) electrons. The number of hydrogen-bond donors (Lipinski definition) is 2. The molecule has 9 heteroatoms. The van der Waals surface area contributed by atoms with Gasteiger partial charge in [0.05, 0.1) is 30.8 Å². The number of benzene rings is 1. The molecule has 0 aliphatic carbocycles. The molecule has 156 valence electrons. The highest BCUT2D eigenvalue weighted by molar-refractivity contribution is 5.94. The van der Waals surface area contributed by atoms with Crippen LogP contribution in [0.2, 0.25) is 0 Å². The standard InChI is InChI=1S/C21H20F2N4O3/c1-10(2)20-18(14(23)8-17(28)29)19-15(6-11-9-24-26-21(11)25-19)27(20)12-4-5-13(22)16(7-12)30-3/h4-7,9-10,14H,8H2,1-3H3,(H,28,29)(H,24,25,26)/t14-/m1/s1. The SMILES string of the molecule is COc1cc(-n2c(C(C)C)c([C@H](F)CC(=O)O)c3nc4[nH]ncc4cc32)ccc1F. The second-order valence-electron chi connectivity index (χ2n) is 7.34. The fourth-order valence-corrected chi connectivity index (χ4v) is 3.81. The van der Waals surface area contributed by atoms with E-state index in [1.165, 1.54) is 19.2 Å². The van der Waals surface area contributed by atoms with Crippen molar-refractivity contribution in [2.45, 2.75) is 32.4 Å². The third kappa shape index (κ3) is 3.16. The number of aliphatic carboxylic acids is 1. The summed E-state index contributed by atoms with van der Waals surface area (Å²) in [4.78, 5) is 15.8. The molecule has 0 bridgehead atoms. The van der Waals surface area contributed by atoms with E-state index < -0.39 is 24.4 Å². The van der Waals surface area contributed by atoms with Crippen LogP contribution in [0.15, 0.2) is 30.5 Å². The number of pyridine rings is 1. The highest BCUT2D eigenvalue weighted by Gasteiger charge is 2.29.